The minimum Gasteiger partial charge on any atom is -0.490 e. The number of nitrogens with one attached hydrogen (secondary N) is 1. The summed E-state index contributed by atoms with van der Waals surface area (Å²) in [5, 5.41) is 0. The van der Waals surface area contributed by atoms with Crippen LogP contribution in [0.25, 0.3) is 0 Å². The molecule has 1 aromatic carbocycles. The Morgan fingerprint density at radius 2 is 2.00 bits per heavy atom. The number of hydrazine groups is 1. The first-order valence-electron chi connectivity index (χ1n) is 7.12. The van der Waals surface area contributed by atoms with Gasteiger partial charge in [0.25, 0.3) is 0 Å². The van der Waals surface area contributed by atoms with Crippen LogP contribution >= 0.6 is 0 Å². The van der Waals surface area contributed by atoms with Crippen LogP contribution in [0.3, 0.4) is 0 Å². The second-order valence-electron chi connectivity index (χ2n) is 5.56. The summed E-state index contributed by atoms with van der Waals surface area (Å²) < 4.78 is 11.4. The molecule has 1 saturated heterocycles. The number of hydrogen-bond acceptors (Lipinski definition) is 4. The van der Waals surface area contributed by atoms with Crippen molar-refractivity contribution in [2.24, 2.45) is 11.8 Å². The largest absolute Gasteiger partial charge is 0.490 e. The molecule has 1 aliphatic heterocycles. The number of benzene rings is 1. The molecule has 0 amide bonds. The van der Waals surface area contributed by atoms with Gasteiger partial charge in [-0.2, -0.15) is 0 Å². The van der Waals surface area contributed by atoms with Crippen molar-refractivity contribution in [3.05, 3.63) is 29.8 Å². The molecule has 3 atom stereocenters. The molecule has 0 radical (unpaired) electrons. The van der Waals surface area contributed by atoms with Gasteiger partial charge in [-0.15, -0.1) is 0 Å². The molecule has 1 saturated carbocycles. The summed E-state index contributed by atoms with van der Waals surface area (Å²) in [4.78, 5) is 0. The third-order valence-corrected chi connectivity index (χ3v) is 4.11. The van der Waals surface area contributed by atoms with Gasteiger partial charge in [0.2, 0.25) is 0 Å². The molecule has 0 aromatic heterocycles. The van der Waals surface area contributed by atoms with Crippen LogP contribution in [0.4, 0.5) is 0 Å². The average molecular weight is 262 g/mol. The predicted octanol–water partition coefficient (Wildman–Crippen LogP) is 2.16. The summed E-state index contributed by atoms with van der Waals surface area (Å²) in [6, 6.07) is 8.43. The Morgan fingerprint density at radius 3 is 2.53 bits per heavy atom. The van der Waals surface area contributed by atoms with Crippen LogP contribution in [0.5, 0.6) is 5.75 Å². The van der Waals surface area contributed by atoms with E-state index >= 15 is 0 Å². The summed E-state index contributed by atoms with van der Waals surface area (Å²) in [7, 11) is 0. The zero-order valence-corrected chi connectivity index (χ0v) is 11.3. The normalized spacial score (nSPS) is 28.3. The van der Waals surface area contributed by atoms with Gasteiger partial charge in [-0.3, -0.25) is 11.3 Å². The van der Waals surface area contributed by atoms with Crippen molar-refractivity contribution in [1.82, 2.24) is 5.43 Å². The van der Waals surface area contributed by atoms with Crippen molar-refractivity contribution >= 4 is 0 Å². The van der Waals surface area contributed by atoms with E-state index in [-0.39, 0.29) is 12.1 Å². The second kappa shape index (κ2) is 5.49. The van der Waals surface area contributed by atoms with Crippen molar-refractivity contribution in [1.29, 1.82) is 0 Å². The van der Waals surface area contributed by atoms with Crippen LogP contribution in [-0.2, 0) is 4.74 Å². The van der Waals surface area contributed by atoms with Crippen molar-refractivity contribution in [2.45, 2.75) is 44.4 Å². The van der Waals surface area contributed by atoms with E-state index in [1.54, 1.807) is 0 Å². The lowest BCUT2D eigenvalue weighted by atomic mass is 9.89. The van der Waals surface area contributed by atoms with E-state index in [2.05, 4.69) is 24.5 Å². The maximum Gasteiger partial charge on any atom is 0.119 e. The highest BCUT2D eigenvalue weighted by molar-refractivity contribution is 5.30. The number of rotatable bonds is 5. The third-order valence-electron chi connectivity index (χ3n) is 4.11. The minimum atomic E-state index is 0.146. The Bertz CT molecular complexity index is 417. The molecule has 0 bridgehead atoms. The summed E-state index contributed by atoms with van der Waals surface area (Å²) >= 11 is 0. The molecule has 1 heterocycles. The van der Waals surface area contributed by atoms with Crippen LogP contribution < -0.4 is 16.0 Å². The van der Waals surface area contributed by atoms with Crippen LogP contribution in [0.2, 0.25) is 0 Å². The molecule has 3 N–H and O–H groups in total. The molecule has 3 unspecified atom stereocenters. The average Bonchev–Trinajstić information content (AvgIpc) is 3.14. The molecule has 2 aliphatic rings. The Balaban J connectivity index is 1.71. The predicted molar refractivity (Wildman–Crippen MR) is 73.7 cm³/mol. The van der Waals surface area contributed by atoms with E-state index in [1.165, 1.54) is 18.4 Å². The molecule has 0 spiro atoms. The van der Waals surface area contributed by atoms with Gasteiger partial charge in [0.15, 0.2) is 0 Å². The zero-order chi connectivity index (χ0) is 13.2. The van der Waals surface area contributed by atoms with Crippen molar-refractivity contribution in [3.8, 4) is 5.75 Å². The van der Waals surface area contributed by atoms with Gasteiger partial charge in [0.1, 0.15) is 5.75 Å². The zero-order valence-electron chi connectivity index (χ0n) is 11.3. The van der Waals surface area contributed by atoms with Gasteiger partial charge in [-0.05, 0) is 43.9 Å². The van der Waals surface area contributed by atoms with Gasteiger partial charge in [0, 0.05) is 12.5 Å². The quantitative estimate of drug-likeness (QED) is 0.630. The number of hydrogen-bond donors (Lipinski definition) is 2. The van der Waals surface area contributed by atoms with Gasteiger partial charge in [-0.1, -0.05) is 12.1 Å². The summed E-state index contributed by atoms with van der Waals surface area (Å²) in [6.07, 6.45) is 4.12. The molecule has 4 heteroatoms. The minimum absolute atomic E-state index is 0.146. The topological polar surface area (TPSA) is 56.5 Å². The number of nitrogens with two attached hydrogens (primary N) is 1. The Labute approximate surface area is 114 Å². The van der Waals surface area contributed by atoms with Crippen LogP contribution in [0.1, 0.15) is 37.8 Å². The van der Waals surface area contributed by atoms with E-state index in [0.29, 0.717) is 12.0 Å². The van der Waals surface area contributed by atoms with E-state index < -0.39 is 0 Å². The fourth-order valence-electron chi connectivity index (χ4n) is 2.79. The maximum atomic E-state index is 5.76. The van der Waals surface area contributed by atoms with Gasteiger partial charge in [-0.25, -0.2) is 0 Å². The molecular weight excluding hydrogens is 240 g/mol. The lowest BCUT2D eigenvalue weighted by Gasteiger charge is -2.25. The van der Waals surface area contributed by atoms with E-state index in [4.69, 9.17) is 15.3 Å². The monoisotopic (exact) mass is 262 g/mol. The summed E-state index contributed by atoms with van der Waals surface area (Å²) in [5.74, 6) is 7.13. The highest BCUT2D eigenvalue weighted by atomic mass is 16.5. The van der Waals surface area contributed by atoms with Crippen molar-refractivity contribution < 1.29 is 9.47 Å². The van der Waals surface area contributed by atoms with E-state index in [0.717, 1.165) is 18.8 Å². The lowest BCUT2D eigenvalue weighted by molar-refractivity contribution is 0.0954. The highest BCUT2D eigenvalue weighted by Gasteiger charge is 2.32. The van der Waals surface area contributed by atoms with Crippen LogP contribution in [0, 0.1) is 5.92 Å². The maximum absolute atomic E-state index is 5.76. The summed E-state index contributed by atoms with van der Waals surface area (Å²) in [6.45, 7) is 2.94. The Morgan fingerprint density at radius 1 is 1.26 bits per heavy atom. The smallest absolute Gasteiger partial charge is 0.119 e. The van der Waals surface area contributed by atoms with Gasteiger partial charge >= 0.3 is 0 Å². The Kier molecular flexibility index (Phi) is 3.73. The first-order chi connectivity index (χ1) is 9.28. The molecule has 3 rings (SSSR count). The SMILES string of the molecule is CC1OCCC1C(NN)c1ccc(OC2CC2)cc1. The molecule has 1 aromatic rings. The summed E-state index contributed by atoms with van der Waals surface area (Å²) in [5.41, 5.74) is 4.14. The molecule has 104 valence electrons. The molecule has 1 aliphatic carbocycles. The first kappa shape index (κ1) is 12.9. The number of ether oxygens (including phenoxy) is 2. The van der Waals surface area contributed by atoms with E-state index in [1.807, 2.05) is 12.1 Å². The lowest BCUT2D eigenvalue weighted by Crippen LogP contribution is -2.36. The van der Waals surface area contributed by atoms with Crippen molar-refractivity contribution in [2.75, 3.05) is 6.61 Å². The standard InChI is InChI=1S/C15H22N2O2/c1-10-14(8-9-18-10)15(17-16)11-2-4-12(5-3-11)19-13-6-7-13/h2-5,10,13-15,17H,6-9,16H2,1H3. The molecule has 19 heavy (non-hydrogen) atoms. The highest BCUT2D eigenvalue weighted by Crippen LogP contribution is 2.34. The van der Waals surface area contributed by atoms with Crippen molar-refractivity contribution in [3.63, 3.8) is 0 Å². The Hall–Kier alpha value is -1.10. The second-order valence-corrected chi connectivity index (χ2v) is 5.56. The molecule has 4 nitrogen and oxygen atoms in total. The third kappa shape index (κ3) is 2.91. The van der Waals surface area contributed by atoms with Crippen LogP contribution in [0.15, 0.2) is 24.3 Å². The van der Waals surface area contributed by atoms with Gasteiger partial charge in [0.05, 0.1) is 18.2 Å². The first-order valence-corrected chi connectivity index (χ1v) is 7.12. The molecule has 2 fully saturated rings. The fourth-order valence-corrected chi connectivity index (χ4v) is 2.79. The molecular formula is C15H22N2O2. The van der Waals surface area contributed by atoms with E-state index in [9.17, 15) is 0 Å². The van der Waals surface area contributed by atoms with Crippen LogP contribution in [-0.4, -0.2) is 18.8 Å². The fraction of sp³-hybridized carbons (Fsp3) is 0.600. The van der Waals surface area contributed by atoms with Gasteiger partial charge < -0.3 is 9.47 Å².